The number of rotatable bonds is 9. The minimum absolute atomic E-state index is 0.369. The molecule has 0 saturated heterocycles. The summed E-state index contributed by atoms with van der Waals surface area (Å²) in [7, 11) is 0. The van der Waals surface area contributed by atoms with Crippen molar-refractivity contribution in [3.8, 4) is 0 Å². The van der Waals surface area contributed by atoms with Crippen LogP contribution in [0, 0.1) is 0 Å². The zero-order valence-corrected chi connectivity index (χ0v) is 11.6. The van der Waals surface area contributed by atoms with Crippen LogP contribution >= 0.6 is 0 Å². The fourth-order valence-electron chi connectivity index (χ4n) is 2.08. The average Bonchev–Trinajstić information content (AvgIpc) is 2.46. The lowest BCUT2D eigenvalue weighted by molar-refractivity contribution is -0.145. The van der Waals surface area contributed by atoms with Gasteiger partial charge in [-0.05, 0) is 30.5 Å². The number of carboxylic acid groups (broad SMARTS) is 1. The van der Waals surface area contributed by atoms with E-state index >= 15 is 0 Å². The maximum Gasteiger partial charge on any atom is 0.324 e. The number of hydrogen-bond donors (Lipinski definition) is 2. The van der Waals surface area contributed by atoms with Crippen LogP contribution in [0.2, 0.25) is 0 Å². The van der Waals surface area contributed by atoms with Gasteiger partial charge in [0.25, 0.3) is 0 Å². The van der Waals surface area contributed by atoms with E-state index in [2.05, 4.69) is 15.3 Å². The van der Waals surface area contributed by atoms with Gasteiger partial charge >= 0.3 is 5.97 Å². The van der Waals surface area contributed by atoms with Gasteiger partial charge in [0.2, 0.25) is 0 Å². The molecule has 0 radical (unpaired) electrons. The molecule has 0 saturated carbocycles. The van der Waals surface area contributed by atoms with Crippen LogP contribution in [0.5, 0.6) is 0 Å². The van der Waals surface area contributed by atoms with Crippen LogP contribution in [0.25, 0.3) is 10.4 Å². The van der Waals surface area contributed by atoms with Crippen molar-refractivity contribution in [2.75, 3.05) is 13.1 Å². The number of carboxylic acids is 1. The first kappa shape index (κ1) is 16.0. The fourth-order valence-corrected chi connectivity index (χ4v) is 2.08. The molecule has 0 bridgehead atoms. The quantitative estimate of drug-likeness (QED) is 0.314. The summed E-state index contributed by atoms with van der Waals surface area (Å²) in [5.74, 6) is -0.854. The lowest BCUT2D eigenvalue weighted by atomic mass is 9.88. The molecule has 0 heterocycles. The van der Waals surface area contributed by atoms with Gasteiger partial charge in [0.1, 0.15) is 5.54 Å². The number of benzene rings is 1. The zero-order chi connectivity index (χ0) is 14.8. The fraction of sp³-hybridized carbons (Fsp3) is 0.500. The van der Waals surface area contributed by atoms with Gasteiger partial charge in [0.05, 0.1) is 0 Å². The maximum absolute atomic E-state index is 11.6. The van der Waals surface area contributed by atoms with Crippen molar-refractivity contribution >= 4 is 5.97 Å². The van der Waals surface area contributed by atoms with Crippen molar-refractivity contribution in [1.82, 2.24) is 5.32 Å². The molecule has 6 heteroatoms. The SMILES string of the molecule is CCC(Cc1ccccc1)(NCCCN=[N+]=[N-])C(=O)O. The molecular formula is C14H20N4O2. The Balaban J connectivity index is 2.70. The highest BCUT2D eigenvalue weighted by Gasteiger charge is 2.35. The molecule has 6 nitrogen and oxygen atoms in total. The molecule has 0 aliphatic rings. The lowest BCUT2D eigenvalue weighted by Gasteiger charge is -2.29. The third-order valence-electron chi connectivity index (χ3n) is 3.32. The number of azide groups is 1. The van der Waals surface area contributed by atoms with Crippen molar-refractivity contribution in [3.05, 3.63) is 46.3 Å². The largest absolute Gasteiger partial charge is 0.480 e. The van der Waals surface area contributed by atoms with E-state index < -0.39 is 11.5 Å². The standard InChI is InChI=1S/C14H20N4O2/c1-2-14(13(19)20,16-9-6-10-17-18-15)11-12-7-4-3-5-8-12/h3-5,7-8,16H,2,6,9-11H2,1H3,(H,19,20). The van der Waals surface area contributed by atoms with E-state index in [-0.39, 0.29) is 0 Å². The Morgan fingerprint density at radius 3 is 2.70 bits per heavy atom. The molecule has 2 N–H and O–H groups in total. The lowest BCUT2D eigenvalue weighted by Crippen LogP contribution is -2.53. The second-order valence-corrected chi connectivity index (χ2v) is 4.64. The number of aliphatic carboxylic acids is 1. The molecule has 1 rings (SSSR count). The molecule has 0 fully saturated rings. The van der Waals surface area contributed by atoms with E-state index in [0.717, 1.165) is 5.56 Å². The molecule has 1 aromatic carbocycles. The van der Waals surface area contributed by atoms with Crippen LogP contribution in [-0.2, 0) is 11.2 Å². The summed E-state index contributed by atoms with van der Waals surface area (Å²) in [6.07, 6.45) is 1.54. The first-order valence-electron chi connectivity index (χ1n) is 6.68. The molecular weight excluding hydrogens is 256 g/mol. The predicted octanol–water partition coefficient (Wildman–Crippen LogP) is 2.75. The topological polar surface area (TPSA) is 98.1 Å². The van der Waals surface area contributed by atoms with Gasteiger partial charge in [0, 0.05) is 17.9 Å². The molecule has 108 valence electrons. The van der Waals surface area contributed by atoms with E-state index in [1.807, 2.05) is 37.3 Å². The third-order valence-corrected chi connectivity index (χ3v) is 3.32. The minimum Gasteiger partial charge on any atom is -0.480 e. The molecule has 0 spiro atoms. The van der Waals surface area contributed by atoms with E-state index in [4.69, 9.17) is 5.53 Å². The third kappa shape index (κ3) is 4.57. The highest BCUT2D eigenvalue weighted by atomic mass is 16.4. The Bertz CT molecular complexity index is 471. The number of hydrogen-bond acceptors (Lipinski definition) is 3. The Hall–Kier alpha value is -2.04. The van der Waals surface area contributed by atoms with E-state index in [1.54, 1.807) is 0 Å². The molecule has 20 heavy (non-hydrogen) atoms. The number of nitrogens with one attached hydrogen (secondary N) is 1. The molecule has 0 aliphatic heterocycles. The summed E-state index contributed by atoms with van der Waals surface area (Å²) in [6.45, 7) is 2.73. The first-order chi connectivity index (χ1) is 9.64. The van der Waals surface area contributed by atoms with Crippen LogP contribution in [-0.4, -0.2) is 29.7 Å². The average molecular weight is 276 g/mol. The van der Waals surface area contributed by atoms with Gasteiger partial charge in [-0.3, -0.25) is 4.79 Å². The first-order valence-corrected chi connectivity index (χ1v) is 6.68. The van der Waals surface area contributed by atoms with Crippen LogP contribution < -0.4 is 5.32 Å². The van der Waals surface area contributed by atoms with Gasteiger partial charge in [-0.25, -0.2) is 0 Å². The van der Waals surface area contributed by atoms with Crippen LogP contribution in [0.3, 0.4) is 0 Å². The Labute approximate surface area is 118 Å². The van der Waals surface area contributed by atoms with Crippen molar-refractivity contribution in [2.24, 2.45) is 5.11 Å². The van der Waals surface area contributed by atoms with E-state index in [1.165, 1.54) is 0 Å². The summed E-state index contributed by atoms with van der Waals surface area (Å²) in [4.78, 5) is 14.3. The predicted molar refractivity (Wildman–Crippen MR) is 77.4 cm³/mol. The maximum atomic E-state index is 11.6. The Morgan fingerprint density at radius 2 is 2.15 bits per heavy atom. The number of carbonyl (C=O) groups is 1. The van der Waals surface area contributed by atoms with Crippen LogP contribution in [0.4, 0.5) is 0 Å². The molecule has 0 aromatic heterocycles. The van der Waals surface area contributed by atoms with Gasteiger partial charge in [-0.1, -0.05) is 42.4 Å². The molecule has 1 unspecified atom stereocenters. The van der Waals surface area contributed by atoms with E-state index in [9.17, 15) is 9.90 Å². The van der Waals surface area contributed by atoms with Gasteiger partial charge in [0.15, 0.2) is 0 Å². The number of nitrogens with zero attached hydrogens (tertiary/aromatic N) is 3. The zero-order valence-electron chi connectivity index (χ0n) is 11.6. The molecule has 1 atom stereocenters. The summed E-state index contributed by atoms with van der Waals surface area (Å²) >= 11 is 0. The molecule has 0 amide bonds. The van der Waals surface area contributed by atoms with Gasteiger partial charge in [-0.2, -0.15) is 0 Å². The second kappa shape index (κ2) is 8.19. The summed E-state index contributed by atoms with van der Waals surface area (Å²) in [5, 5.41) is 16.1. The van der Waals surface area contributed by atoms with Crippen LogP contribution in [0.15, 0.2) is 35.4 Å². The highest BCUT2D eigenvalue weighted by Crippen LogP contribution is 2.18. The van der Waals surface area contributed by atoms with Crippen molar-refractivity contribution in [1.29, 1.82) is 0 Å². The van der Waals surface area contributed by atoms with Gasteiger partial charge < -0.3 is 10.4 Å². The molecule has 0 aliphatic carbocycles. The Morgan fingerprint density at radius 1 is 1.45 bits per heavy atom. The van der Waals surface area contributed by atoms with E-state index in [0.29, 0.717) is 32.4 Å². The second-order valence-electron chi connectivity index (χ2n) is 4.64. The Kier molecular flexibility index (Phi) is 6.56. The highest BCUT2D eigenvalue weighted by molar-refractivity contribution is 5.79. The summed E-state index contributed by atoms with van der Waals surface area (Å²) in [5.41, 5.74) is 8.21. The van der Waals surface area contributed by atoms with Crippen molar-refractivity contribution in [2.45, 2.75) is 31.7 Å². The monoisotopic (exact) mass is 276 g/mol. The molecule has 1 aromatic rings. The minimum atomic E-state index is -0.974. The van der Waals surface area contributed by atoms with Crippen LogP contribution in [0.1, 0.15) is 25.3 Å². The smallest absolute Gasteiger partial charge is 0.324 e. The van der Waals surface area contributed by atoms with Gasteiger partial charge in [-0.15, -0.1) is 0 Å². The normalized spacial score (nSPS) is 13.2. The summed E-state index contributed by atoms with van der Waals surface area (Å²) < 4.78 is 0. The summed E-state index contributed by atoms with van der Waals surface area (Å²) in [6, 6.07) is 9.56. The van der Waals surface area contributed by atoms with Crippen molar-refractivity contribution < 1.29 is 9.90 Å². The van der Waals surface area contributed by atoms with Crippen molar-refractivity contribution in [3.63, 3.8) is 0 Å².